The number of carbonyl (C=O) groups is 1. The van der Waals surface area contributed by atoms with Crippen molar-refractivity contribution in [3.8, 4) is 17.2 Å². The third-order valence-electron chi connectivity index (χ3n) is 6.02. The molecular weight excluding hydrogens is 664 g/mol. The Morgan fingerprint density at radius 3 is 2.52 bits per heavy atom. The van der Waals surface area contributed by atoms with Gasteiger partial charge in [-0.1, -0.05) is 43.2 Å². The highest BCUT2D eigenvalue weighted by Crippen LogP contribution is 2.41. The first-order valence-electron chi connectivity index (χ1n) is 12.8. The van der Waals surface area contributed by atoms with E-state index in [1.54, 1.807) is 39.2 Å². The fourth-order valence-corrected chi connectivity index (χ4v) is 6.36. The third kappa shape index (κ3) is 6.06. The van der Waals surface area contributed by atoms with Gasteiger partial charge in [-0.2, -0.15) is 0 Å². The van der Waals surface area contributed by atoms with Crippen LogP contribution in [-0.2, 0) is 9.53 Å². The first-order valence-corrected chi connectivity index (χ1v) is 15.2. The number of esters is 1. The standard InChI is InChI=1S/C29H30Br2N2O6S/c1-7-37-23-14-20(31)19(13-22(23)36-6)26-25(28(35)38-8-2)16(5)32-29-33(26)27(34)24(40-29)12-17-11-18(30)9-10-21(17)39-15(3)4/h9-15,26H,7-8H2,1-6H3/b24-12-/t26-/m1/s1. The molecule has 0 spiro atoms. The van der Waals surface area contributed by atoms with Crippen LogP contribution in [0.1, 0.15) is 51.8 Å². The van der Waals surface area contributed by atoms with Crippen LogP contribution in [0.25, 0.3) is 6.08 Å². The molecule has 2 aromatic carbocycles. The summed E-state index contributed by atoms with van der Waals surface area (Å²) in [6, 6.07) is 8.40. The first kappa shape index (κ1) is 30.1. The van der Waals surface area contributed by atoms with Gasteiger partial charge < -0.3 is 18.9 Å². The highest BCUT2D eigenvalue weighted by Gasteiger charge is 2.35. The second-order valence-corrected chi connectivity index (χ2v) is 11.9. The van der Waals surface area contributed by atoms with Gasteiger partial charge in [0.25, 0.3) is 5.56 Å². The quantitative estimate of drug-likeness (QED) is 0.275. The molecule has 0 aliphatic carbocycles. The number of allylic oxidation sites excluding steroid dienone is 1. The fourth-order valence-electron chi connectivity index (χ4n) is 4.41. The summed E-state index contributed by atoms with van der Waals surface area (Å²) in [7, 11) is 1.54. The van der Waals surface area contributed by atoms with Gasteiger partial charge in [0, 0.05) is 14.5 Å². The van der Waals surface area contributed by atoms with E-state index in [1.165, 1.54) is 15.9 Å². The second-order valence-electron chi connectivity index (χ2n) is 9.11. The zero-order valence-electron chi connectivity index (χ0n) is 23.0. The Bertz CT molecular complexity index is 1660. The number of ether oxygens (including phenoxy) is 4. The molecule has 1 aromatic heterocycles. The van der Waals surface area contributed by atoms with Crippen molar-refractivity contribution in [2.45, 2.75) is 46.8 Å². The minimum absolute atomic E-state index is 0.0451. The molecule has 0 saturated heterocycles. The van der Waals surface area contributed by atoms with Crippen molar-refractivity contribution in [2.75, 3.05) is 20.3 Å². The minimum atomic E-state index is -0.815. The average Bonchev–Trinajstić information content (AvgIpc) is 3.19. The number of methoxy groups -OCH3 is 1. The number of nitrogens with zero attached hydrogens (tertiary/aromatic N) is 2. The second kappa shape index (κ2) is 12.7. The average molecular weight is 694 g/mol. The molecule has 0 radical (unpaired) electrons. The number of fused-ring (bicyclic) bond motifs is 1. The van der Waals surface area contributed by atoms with Crippen LogP contribution < -0.4 is 29.1 Å². The predicted octanol–water partition coefficient (Wildman–Crippen LogP) is 5.52. The van der Waals surface area contributed by atoms with Crippen molar-refractivity contribution < 1.29 is 23.7 Å². The molecule has 212 valence electrons. The van der Waals surface area contributed by atoms with E-state index in [0.717, 1.165) is 10.0 Å². The normalized spacial score (nSPS) is 15.1. The Morgan fingerprint density at radius 2 is 1.88 bits per heavy atom. The van der Waals surface area contributed by atoms with Crippen molar-refractivity contribution in [3.63, 3.8) is 0 Å². The maximum absolute atomic E-state index is 14.1. The Kier molecular flexibility index (Phi) is 9.58. The lowest BCUT2D eigenvalue weighted by molar-refractivity contribution is -0.139. The minimum Gasteiger partial charge on any atom is -0.493 e. The maximum atomic E-state index is 14.1. The fraction of sp³-hybridized carbons (Fsp3) is 0.345. The van der Waals surface area contributed by atoms with Crippen molar-refractivity contribution in [2.24, 2.45) is 4.99 Å². The van der Waals surface area contributed by atoms with Crippen LogP contribution in [0.2, 0.25) is 0 Å². The highest BCUT2D eigenvalue weighted by molar-refractivity contribution is 9.10. The van der Waals surface area contributed by atoms with E-state index in [1.807, 2.05) is 39.0 Å². The third-order valence-corrected chi connectivity index (χ3v) is 8.18. The Hall–Kier alpha value is -2.89. The van der Waals surface area contributed by atoms with E-state index >= 15 is 0 Å². The number of benzene rings is 2. The molecule has 3 aromatic rings. The molecule has 4 rings (SSSR count). The zero-order valence-corrected chi connectivity index (χ0v) is 27.0. The predicted molar refractivity (Wildman–Crippen MR) is 162 cm³/mol. The van der Waals surface area contributed by atoms with Gasteiger partial charge in [-0.25, -0.2) is 9.79 Å². The van der Waals surface area contributed by atoms with Gasteiger partial charge in [0.15, 0.2) is 16.3 Å². The monoisotopic (exact) mass is 692 g/mol. The van der Waals surface area contributed by atoms with E-state index in [2.05, 4.69) is 36.9 Å². The molecular formula is C29H30Br2N2O6S. The molecule has 0 N–H and O–H groups in total. The molecule has 1 atom stereocenters. The number of hydrogen-bond donors (Lipinski definition) is 0. The summed E-state index contributed by atoms with van der Waals surface area (Å²) in [6.07, 6.45) is 1.75. The van der Waals surface area contributed by atoms with E-state index in [0.29, 0.717) is 48.9 Å². The molecule has 11 heteroatoms. The zero-order chi connectivity index (χ0) is 29.1. The van der Waals surface area contributed by atoms with Crippen molar-refractivity contribution in [3.05, 3.63) is 81.4 Å². The van der Waals surface area contributed by atoms with E-state index < -0.39 is 12.0 Å². The van der Waals surface area contributed by atoms with E-state index in [9.17, 15) is 9.59 Å². The van der Waals surface area contributed by atoms with Gasteiger partial charge in [0.05, 0.1) is 48.3 Å². The van der Waals surface area contributed by atoms with Crippen molar-refractivity contribution in [1.29, 1.82) is 0 Å². The van der Waals surface area contributed by atoms with Gasteiger partial charge in [0.2, 0.25) is 0 Å². The van der Waals surface area contributed by atoms with Gasteiger partial charge in [0.1, 0.15) is 5.75 Å². The molecule has 40 heavy (non-hydrogen) atoms. The van der Waals surface area contributed by atoms with Crippen LogP contribution in [0.3, 0.4) is 0 Å². The summed E-state index contributed by atoms with van der Waals surface area (Å²) in [5.41, 5.74) is 1.84. The number of aromatic nitrogens is 1. The SMILES string of the molecule is CCOC(=O)C1=C(C)N=c2s/c(=C\c3cc(Br)ccc3OC(C)C)c(=O)n2[C@@H]1c1cc(OC)c(OCC)cc1Br. The molecule has 1 aliphatic rings. The molecule has 2 heterocycles. The van der Waals surface area contributed by atoms with Gasteiger partial charge >= 0.3 is 5.97 Å². The topological polar surface area (TPSA) is 88.4 Å². The summed E-state index contributed by atoms with van der Waals surface area (Å²) in [5.74, 6) is 1.13. The summed E-state index contributed by atoms with van der Waals surface area (Å²) in [4.78, 5) is 32.5. The van der Waals surface area contributed by atoms with Crippen LogP contribution in [-0.4, -0.2) is 37.0 Å². The number of hydrogen-bond acceptors (Lipinski definition) is 8. The van der Waals surface area contributed by atoms with Crippen molar-refractivity contribution in [1.82, 2.24) is 4.57 Å². The summed E-state index contributed by atoms with van der Waals surface area (Å²) >= 11 is 8.41. The van der Waals surface area contributed by atoms with Gasteiger partial charge in [-0.15, -0.1) is 0 Å². The lowest BCUT2D eigenvalue weighted by Gasteiger charge is -2.26. The summed E-state index contributed by atoms with van der Waals surface area (Å²) < 4.78 is 26.2. The van der Waals surface area contributed by atoms with E-state index in [4.69, 9.17) is 18.9 Å². The van der Waals surface area contributed by atoms with Crippen LogP contribution >= 0.6 is 43.2 Å². The lowest BCUT2D eigenvalue weighted by Crippen LogP contribution is -2.40. The van der Waals surface area contributed by atoms with Crippen LogP contribution in [0, 0.1) is 0 Å². The molecule has 1 aliphatic heterocycles. The van der Waals surface area contributed by atoms with Crippen LogP contribution in [0.5, 0.6) is 17.2 Å². The Morgan fingerprint density at radius 1 is 1.12 bits per heavy atom. The Balaban J connectivity index is 2.00. The van der Waals surface area contributed by atoms with Gasteiger partial charge in [-0.05, 0) is 76.6 Å². The molecule has 0 saturated carbocycles. The molecule has 8 nitrogen and oxygen atoms in total. The van der Waals surface area contributed by atoms with Crippen LogP contribution in [0.4, 0.5) is 0 Å². The Labute approximate surface area is 253 Å². The van der Waals surface area contributed by atoms with Crippen LogP contribution in [0.15, 0.2) is 60.3 Å². The number of halogens is 2. The van der Waals surface area contributed by atoms with Gasteiger partial charge in [-0.3, -0.25) is 9.36 Å². The smallest absolute Gasteiger partial charge is 0.338 e. The molecule has 0 fully saturated rings. The molecule has 0 bridgehead atoms. The van der Waals surface area contributed by atoms with E-state index in [-0.39, 0.29) is 23.8 Å². The molecule has 0 unspecified atom stereocenters. The molecule has 0 amide bonds. The lowest BCUT2D eigenvalue weighted by atomic mass is 9.95. The highest BCUT2D eigenvalue weighted by atomic mass is 79.9. The number of thiazole rings is 1. The number of rotatable bonds is 9. The summed E-state index contributed by atoms with van der Waals surface area (Å²) in [5, 5.41) is 0. The van der Waals surface area contributed by atoms with Crippen molar-refractivity contribution >= 4 is 55.2 Å². The largest absolute Gasteiger partial charge is 0.493 e. The number of carbonyl (C=O) groups excluding carboxylic acids is 1. The summed E-state index contributed by atoms with van der Waals surface area (Å²) in [6.45, 7) is 9.89. The first-order chi connectivity index (χ1) is 19.1. The maximum Gasteiger partial charge on any atom is 0.338 e.